The van der Waals surface area contributed by atoms with E-state index in [0.29, 0.717) is 12.4 Å². The predicted molar refractivity (Wildman–Crippen MR) is 85.0 cm³/mol. The molecule has 0 aromatic heterocycles. The molecule has 1 heterocycles. The number of carbonyl (C=O) groups is 1. The fourth-order valence-corrected chi connectivity index (χ4v) is 2.91. The number of hydrogen-bond donors (Lipinski definition) is 2. The summed E-state index contributed by atoms with van der Waals surface area (Å²) in [6, 6.07) is 11.5. The number of carboxylic acid groups (broad SMARTS) is 1. The minimum Gasteiger partial charge on any atom is -0.493 e. The minimum absolute atomic E-state index is 0.298. The predicted octanol–water partition coefficient (Wildman–Crippen LogP) is 4.22. The van der Waals surface area contributed by atoms with E-state index in [9.17, 15) is 9.18 Å². The van der Waals surface area contributed by atoms with Gasteiger partial charge in [-0.3, -0.25) is 0 Å². The molecule has 0 aliphatic carbocycles. The van der Waals surface area contributed by atoms with Crippen LogP contribution in [0.1, 0.15) is 25.5 Å². The molecule has 120 valence electrons. The highest BCUT2D eigenvalue weighted by molar-refractivity contribution is 5.69. The lowest BCUT2D eigenvalue weighted by Gasteiger charge is -2.39. The van der Waals surface area contributed by atoms with E-state index in [-0.39, 0.29) is 17.3 Å². The third-order valence-corrected chi connectivity index (χ3v) is 4.13. The van der Waals surface area contributed by atoms with E-state index >= 15 is 0 Å². The quantitative estimate of drug-likeness (QED) is 0.872. The van der Waals surface area contributed by atoms with Crippen LogP contribution in [-0.2, 0) is 0 Å². The van der Waals surface area contributed by atoms with Gasteiger partial charge in [0, 0.05) is 11.0 Å². The van der Waals surface area contributed by atoms with Crippen LogP contribution >= 0.6 is 0 Å². The first-order valence-corrected chi connectivity index (χ1v) is 7.39. The van der Waals surface area contributed by atoms with E-state index in [2.05, 4.69) is 5.32 Å². The van der Waals surface area contributed by atoms with Crippen molar-refractivity contribution in [2.75, 3.05) is 6.61 Å². The first-order valence-electron chi connectivity index (χ1n) is 7.39. The van der Waals surface area contributed by atoms with Crippen molar-refractivity contribution < 1.29 is 19.0 Å². The Morgan fingerprint density at radius 3 is 2.70 bits per heavy atom. The molecule has 0 fully saturated rings. The largest absolute Gasteiger partial charge is 0.493 e. The fourth-order valence-electron chi connectivity index (χ4n) is 2.91. The molecule has 1 aliphatic rings. The summed E-state index contributed by atoms with van der Waals surface area (Å²) in [5.41, 5.74) is 2.02. The van der Waals surface area contributed by atoms with Gasteiger partial charge in [-0.1, -0.05) is 38.1 Å². The van der Waals surface area contributed by atoms with Crippen LogP contribution in [0.15, 0.2) is 42.5 Å². The van der Waals surface area contributed by atoms with Gasteiger partial charge in [0.1, 0.15) is 11.6 Å². The third-order valence-electron chi connectivity index (χ3n) is 4.13. The molecule has 0 saturated heterocycles. The Kier molecular flexibility index (Phi) is 3.72. The Morgan fingerprint density at radius 1 is 1.26 bits per heavy atom. The van der Waals surface area contributed by atoms with Gasteiger partial charge in [0.25, 0.3) is 0 Å². The van der Waals surface area contributed by atoms with Crippen molar-refractivity contribution in [1.82, 2.24) is 5.32 Å². The Bertz CT molecular complexity index is 758. The van der Waals surface area contributed by atoms with Gasteiger partial charge < -0.3 is 15.2 Å². The summed E-state index contributed by atoms with van der Waals surface area (Å²) in [7, 11) is 0. The zero-order valence-electron chi connectivity index (χ0n) is 13.0. The van der Waals surface area contributed by atoms with Gasteiger partial charge in [-0.15, -0.1) is 0 Å². The molecule has 2 aromatic rings. The number of hydrogen-bond acceptors (Lipinski definition) is 2. The van der Waals surface area contributed by atoms with Gasteiger partial charge >= 0.3 is 6.09 Å². The highest BCUT2D eigenvalue weighted by Crippen LogP contribution is 2.44. The molecule has 1 atom stereocenters. The average Bonchev–Trinajstić information content (AvgIpc) is 2.49. The molecule has 2 N–H and O–H groups in total. The lowest BCUT2D eigenvalue weighted by atomic mass is 9.78. The second kappa shape index (κ2) is 5.57. The molecule has 1 unspecified atom stereocenters. The molecule has 2 aromatic carbocycles. The zero-order chi connectivity index (χ0) is 16.6. The summed E-state index contributed by atoms with van der Waals surface area (Å²) >= 11 is 0. The summed E-state index contributed by atoms with van der Waals surface area (Å²) in [6.45, 7) is 4.31. The van der Waals surface area contributed by atoms with Gasteiger partial charge in [0.05, 0.1) is 12.6 Å². The SMILES string of the molecule is CC1(C)COc2cc(-c3cccc(F)c3)ccc2C1NC(=O)O. The van der Waals surface area contributed by atoms with E-state index in [1.807, 2.05) is 38.1 Å². The molecule has 0 radical (unpaired) electrons. The number of ether oxygens (including phenoxy) is 1. The first-order chi connectivity index (χ1) is 10.9. The van der Waals surface area contributed by atoms with Crippen LogP contribution in [0.4, 0.5) is 9.18 Å². The van der Waals surface area contributed by atoms with Crippen LogP contribution in [0, 0.1) is 11.2 Å². The molecule has 4 nitrogen and oxygen atoms in total. The average molecular weight is 315 g/mol. The standard InChI is InChI=1S/C18H18FNO3/c1-18(2)10-23-15-9-12(11-4-3-5-13(19)8-11)6-7-14(15)16(18)20-17(21)22/h3-9,16,20H,10H2,1-2H3,(H,21,22). The Labute approximate surface area is 133 Å². The van der Waals surface area contributed by atoms with Crippen LogP contribution in [-0.4, -0.2) is 17.8 Å². The van der Waals surface area contributed by atoms with Crippen molar-refractivity contribution in [3.05, 3.63) is 53.8 Å². The maximum atomic E-state index is 13.4. The molecular formula is C18H18FNO3. The molecule has 0 bridgehead atoms. The van der Waals surface area contributed by atoms with E-state index in [0.717, 1.165) is 16.7 Å². The molecule has 0 spiro atoms. The fraction of sp³-hybridized carbons (Fsp3) is 0.278. The monoisotopic (exact) mass is 315 g/mol. The number of halogens is 1. The van der Waals surface area contributed by atoms with E-state index in [4.69, 9.17) is 9.84 Å². The van der Waals surface area contributed by atoms with Crippen LogP contribution < -0.4 is 10.1 Å². The topological polar surface area (TPSA) is 58.6 Å². The van der Waals surface area contributed by atoms with Crippen molar-refractivity contribution in [2.24, 2.45) is 5.41 Å². The molecule has 3 rings (SSSR count). The molecule has 0 saturated carbocycles. The zero-order valence-corrected chi connectivity index (χ0v) is 13.0. The van der Waals surface area contributed by atoms with Gasteiger partial charge in [-0.05, 0) is 29.3 Å². The van der Waals surface area contributed by atoms with Gasteiger partial charge in [-0.2, -0.15) is 0 Å². The molecular weight excluding hydrogens is 297 g/mol. The molecule has 1 amide bonds. The number of rotatable bonds is 2. The Morgan fingerprint density at radius 2 is 2.00 bits per heavy atom. The van der Waals surface area contributed by atoms with Crippen LogP contribution in [0.3, 0.4) is 0 Å². The lowest BCUT2D eigenvalue weighted by Crippen LogP contribution is -2.43. The number of fused-ring (bicyclic) bond motifs is 1. The second-order valence-corrected chi connectivity index (χ2v) is 6.42. The summed E-state index contributed by atoms with van der Waals surface area (Å²) in [5, 5.41) is 11.7. The van der Waals surface area contributed by atoms with Crippen molar-refractivity contribution in [3.8, 4) is 16.9 Å². The summed E-state index contributed by atoms with van der Waals surface area (Å²) in [4.78, 5) is 11.1. The summed E-state index contributed by atoms with van der Waals surface area (Å²) < 4.78 is 19.2. The summed E-state index contributed by atoms with van der Waals surface area (Å²) in [5.74, 6) is 0.331. The lowest BCUT2D eigenvalue weighted by molar-refractivity contribution is 0.0996. The van der Waals surface area contributed by atoms with Crippen LogP contribution in [0.25, 0.3) is 11.1 Å². The maximum absolute atomic E-state index is 13.4. The third kappa shape index (κ3) is 2.99. The molecule has 5 heteroatoms. The number of benzene rings is 2. The van der Waals surface area contributed by atoms with Gasteiger partial charge in [0.15, 0.2) is 0 Å². The van der Waals surface area contributed by atoms with Crippen molar-refractivity contribution in [3.63, 3.8) is 0 Å². The van der Waals surface area contributed by atoms with Crippen molar-refractivity contribution in [1.29, 1.82) is 0 Å². The van der Waals surface area contributed by atoms with Gasteiger partial charge in [0.2, 0.25) is 0 Å². The van der Waals surface area contributed by atoms with Gasteiger partial charge in [-0.25, -0.2) is 9.18 Å². The second-order valence-electron chi connectivity index (χ2n) is 6.42. The minimum atomic E-state index is -1.06. The highest BCUT2D eigenvalue weighted by atomic mass is 19.1. The van der Waals surface area contributed by atoms with E-state index in [1.54, 1.807) is 6.07 Å². The summed E-state index contributed by atoms with van der Waals surface area (Å²) in [6.07, 6.45) is -1.06. The Balaban J connectivity index is 2.02. The Hall–Kier alpha value is -2.56. The normalized spacial score (nSPS) is 18.7. The smallest absolute Gasteiger partial charge is 0.405 e. The maximum Gasteiger partial charge on any atom is 0.405 e. The van der Waals surface area contributed by atoms with Crippen molar-refractivity contribution in [2.45, 2.75) is 19.9 Å². The molecule has 23 heavy (non-hydrogen) atoms. The van der Waals surface area contributed by atoms with E-state index in [1.165, 1.54) is 12.1 Å². The van der Waals surface area contributed by atoms with E-state index < -0.39 is 6.09 Å². The number of amides is 1. The van der Waals surface area contributed by atoms with Crippen LogP contribution in [0.2, 0.25) is 0 Å². The molecule has 1 aliphatic heterocycles. The number of nitrogens with one attached hydrogen (secondary N) is 1. The first kappa shape index (κ1) is 15.3. The van der Waals surface area contributed by atoms with Crippen LogP contribution in [0.5, 0.6) is 5.75 Å². The van der Waals surface area contributed by atoms with Crippen molar-refractivity contribution >= 4 is 6.09 Å². The highest BCUT2D eigenvalue weighted by Gasteiger charge is 2.38.